The lowest BCUT2D eigenvalue weighted by Gasteiger charge is -1.96. The van der Waals surface area contributed by atoms with Gasteiger partial charge in [0.1, 0.15) is 0 Å². The summed E-state index contributed by atoms with van der Waals surface area (Å²) >= 11 is 0. The highest BCUT2D eigenvalue weighted by molar-refractivity contribution is 5.75. The van der Waals surface area contributed by atoms with Gasteiger partial charge < -0.3 is 0 Å². The molecule has 4 heteroatoms. The van der Waals surface area contributed by atoms with Crippen LogP contribution >= 0.6 is 0 Å². The van der Waals surface area contributed by atoms with Crippen molar-refractivity contribution in [3.63, 3.8) is 0 Å². The van der Waals surface area contributed by atoms with E-state index in [0.29, 0.717) is 11.5 Å². The van der Waals surface area contributed by atoms with Crippen molar-refractivity contribution >= 4 is 11.9 Å². The number of carbonyl (C=O) groups excluding carboxylic acids is 1. The van der Waals surface area contributed by atoms with E-state index in [1.165, 1.54) is 12.8 Å². The quantitative estimate of drug-likeness (QED) is 0.695. The summed E-state index contributed by atoms with van der Waals surface area (Å²) in [4.78, 5) is 15.2. The van der Waals surface area contributed by atoms with Gasteiger partial charge in [-0.1, -0.05) is 0 Å². The number of nitrogens with zero attached hydrogens (tertiary/aromatic N) is 3. The zero-order valence-electron chi connectivity index (χ0n) is 8.47. The second-order valence-electron chi connectivity index (χ2n) is 4.09. The van der Waals surface area contributed by atoms with Crippen LogP contribution in [0.5, 0.6) is 0 Å². The molecule has 1 saturated carbocycles. The van der Waals surface area contributed by atoms with Gasteiger partial charge in [0.15, 0.2) is 17.8 Å². The highest BCUT2D eigenvalue weighted by atomic mass is 16.1. The fourth-order valence-corrected chi connectivity index (χ4v) is 1.77. The Balaban J connectivity index is 2.23. The van der Waals surface area contributed by atoms with E-state index in [1.807, 2.05) is 13.0 Å². The molecule has 2 aromatic heterocycles. The standard InChI is InChI=1S/C11H11N3O/c1-7-4-8(6-15)5-14-11(7)12-10(13-14)9-2-3-9/h4-6,9H,2-3H2,1H3. The number of carbonyl (C=O) groups is 1. The fraction of sp³-hybridized carbons (Fsp3) is 0.364. The Hall–Kier alpha value is -1.71. The van der Waals surface area contributed by atoms with E-state index in [2.05, 4.69) is 10.1 Å². The van der Waals surface area contributed by atoms with Crippen molar-refractivity contribution in [2.75, 3.05) is 0 Å². The molecule has 4 nitrogen and oxygen atoms in total. The summed E-state index contributed by atoms with van der Waals surface area (Å²) in [5.74, 6) is 1.46. The molecule has 0 amide bonds. The molecule has 0 saturated heterocycles. The number of pyridine rings is 1. The van der Waals surface area contributed by atoms with E-state index in [9.17, 15) is 4.79 Å². The summed E-state index contributed by atoms with van der Waals surface area (Å²) in [6.07, 6.45) is 4.95. The number of hydrogen-bond acceptors (Lipinski definition) is 3. The maximum Gasteiger partial charge on any atom is 0.158 e. The van der Waals surface area contributed by atoms with Crippen LogP contribution in [0, 0.1) is 6.92 Å². The third-order valence-electron chi connectivity index (χ3n) is 2.73. The molecule has 76 valence electrons. The SMILES string of the molecule is Cc1cc(C=O)cn2nc(C3CC3)nc12. The molecule has 0 spiro atoms. The van der Waals surface area contributed by atoms with Gasteiger partial charge in [-0.2, -0.15) is 5.10 Å². The first-order valence-corrected chi connectivity index (χ1v) is 5.10. The van der Waals surface area contributed by atoms with Gasteiger partial charge in [-0.25, -0.2) is 9.50 Å². The van der Waals surface area contributed by atoms with Gasteiger partial charge >= 0.3 is 0 Å². The topological polar surface area (TPSA) is 47.3 Å². The van der Waals surface area contributed by atoms with Gasteiger partial charge in [0.05, 0.1) is 0 Å². The molecule has 0 atom stereocenters. The molecule has 2 aromatic rings. The molecular weight excluding hydrogens is 190 g/mol. The number of aryl methyl sites for hydroxylation is 1. The first-order valence-electron chi connectivity index (χ1n) is 5.10. The first-order chi connectivity index (χ1) is 7.28. The molecule has 1 aliphatic rings. The van der Waals surface area contributed by atoms with Crippen molar-refractivity contribution in [3.05, 3.63) is 29.2 Å². The second kappa shape index (κ2) is 2.89. The van der Waals surface area contributed by atoms with Crippen LogP contribution in [0.1, 0.15) is 40.5 Å². The van der Waals surface area contributed by atoms with E-state index in [0.717, 1.165) is 23.3 Å². The minimum absolute atomic E-state index is 0.545. The van der Waals surface area contributed by atoms with E-state index in [-0.39, 0.29) is 0 Å². The van der Waals surface area contributed by atoms with Crippen LogP contribution < -0.4 is 0 Å². The Morgan fingerprint density at radius 1 is 1.53 bits per heavy atom. The largest absolute Gasteiger partial charge is 0.298 e. The number of rotatable bonds is 2. The molecule has 1 aliphatic carbocycles. The monoisotopic (exact) mass is 201 g/mol. The molecule has 0 unspecified atom stereocenters. The summed E-state index contributed by atoms with van der Waals surface area (Å²) < 4.78 is 1.72. The predicted molar refractivity (Wildman–Crippen MR) is 55.1 cm³/mol. The zero-order valence-corrected chi connectivity index (χ0v) is 8.47. The van der Waals surface area contributed by atoms with E-state index in [1.54, 1.807) is 10.7 Å². The molecule has 0 aromatic carbocycles. The van der Waals surface area contributed by atoms with Crippen LogP contribution in [0.2, 0.25) is 0 Å². The normalized spacial score (nSPS) is 15.8. The van der Waals surface area contributed by atoms with Gasteiger partial charge in [-0.05, 0) is 31.4 Å². The third-order valence-corrected chi connectivity index (χ3v) is 2.73. The number of aldehydes is 1. The van der Waals surface area contributed by atoms with Gasteiger partial charge in [0, 0.05) is 17.7 Å². The average molecular weight is 201 g/mol. The molecule has 15 heavy (non-hydrogen) atoms. The fourth-order valence-electron chi connectivity index (χ4n) is 1.77. The summed E-state index contributed by atoms with van der Waals surface area (Å²) in [6.45, 7) is 1.95. The lowest BCUT2D eigenvalue weighted by atomic mass is 10.2. The van der Waals surface area contributed by atoms with Crippen LogP contribution in [0.25, 0.3) is 5.65 Å². The van der Waals surface area contributed by atoms with Crippen molar-refractivity contribution in [2.45, 2.75) is 25.7 Å². The predicted octanol–water partition coefficient (Wildman–Crippen LogP) is 1.73. The van der Waals surface area contributed by atoms with Crippen LogP contribution in [-0.2, 0) is 0 Å². The second-order valence-corrected chi connectivity index (χ2v) is 4.09. The van der Waals surface area contributed by atoms with Crippen molar-refractivity contribution in [1.82, 2.24) is 14.6 Å². The molecule has 3 rings (SSSR count). The minimum Gasteiger partial charge on any atom is -0.298 e. The van der Waals surface area contributed by atoms with Crippen LogP contribution in [0.15, 0.2) is 12.3 Å². The lowest BCUT2D eigenvalue weighted by Crippen LogP contribution is -1.93. The smallest absolute Gasteiger partial charge is 0.158 e. The molecule has 0 N–H and O–H groups in total. The third kappa shape index (κ3) is 1.33. The Labute approximate surface area is 86.9 Å². The molecular formula is C11H11N3O. The van der Waals surface area contributed by atoms with Gasteiger partial charge in [0.25, 0.3) is 0 Å². The van der Waals surface area contributed by atoms with E-state index >= 15 is 0 Å². The van der Waals surface area contributed by atoms with E-state index < -0.39 is 0 Å². The number of fused-ring (bicyclic) bond motifs is 1. The summed E-state index contributed by atoms with van der Waals surface area (Å²) in [5, 5.41) is 4.39. The van der Waals surface area contributed by atoms with Crippen LogP contribution in [0.4, 0.5) is 0 Å². The number of aromatic nitrogens is 3. The maximum atomic E-state index is 10.7. The van der Waals surface area contributed by atoms with Crippen LogP contribution in [0.3, 0.4) is 0 Å². The van der Waals surface area contributed by atoms with Gasteiger partial charge in [-0.15, -0.1) is 0 Å². The summed E-state index contributed by atoms with van der Waals surface area (Å²) in [7, 11) is 0. The van der Waals surface area contributed by atoms with Crippen molar-refractivity contribution in [2.24, 2.45) is 0 Å². The summed E-state index contributed by atoms with van der Waals surface area (Å²) in [5.41, 5.74) is 2.51. The number of hydrogen-bond donors (Lipinski definition) is 0. The van der Waals surface area contributed by atoms with Crippen molar-refractivity contribution in [3.8, 4) is 0 Å². The minimum atomic E-state index is 0.545. The highest BCUT2D eigenvalue weighted by Crippen LogP contribution is 2.38. The molecule has 0 radical (unpaired) electrons. The highest BCUT2D eigenvalue weighted by Gasteiger charge is 2.28. The zero-order chi connectivity index (χ0) is 10.4. The Morgan fingerprint density at radius 3 is 3.00 bits per heavy atom. The Bertz CT molecular complexity index is 540. The molecule has 1 fully saturated rings. The molecule has 2 heterocycles. The Kier molecular flexibility index (Phi) is 1.65. The molecule has 0 aliphatic heterocycles. The maximum absolute atomic E-state index is 10.7. The van der Waals surface area contributed by atoms with E-state index in [4.69, 9.17) is 0 Å². The molecule has 0 bridgehead atoms. The van der Waals surface area contributed by atoms with Crippen molar-refractivity contribution < 1.29 is 4.79 Å². The van der Waals surface area contributed by atoms with Gasteiger partial charge in [0.2, 0.25) is 0 Å². The lowest BCUT2D eigenvalue weighted by molar-refractivity contribution is 0.112. The van der Waals surface area contributed by atoms with Crippen molar-refractivity contribution in [1.29, 1.82) is 0 Å². The first kappa shape index (κ1) is 8.59. The van der Waals surface area contributed by atoms with Gasteiger partial charge in [-0.3, -0.25) is 4.79 Å². The average Bonchev–Trinajstić information content (AvgIpc) is 2.98. The van der Waals surface area contributed by atoms with Crippen LogP contribution in [-0.4, -0.2) is 20.9 Å². The Morgan fingerprint density at radius 2 is 2.33 bits per heavy atom. The summed E-state index contributed by atoms with van der Waals surface area (Å²) in [6, 6.07) is 1.84.